The van der Waals surface area contributed by atoms with Crippen LogP contribution in [-0.4, -0.2) is 46.1 Å². The summed E-state index contributed by atoms with van der Waals surface area (Å²) in [6, 6.07) is 6.21. The molecule has 0 heterocycles. The molecular weight excluding hydrogens is 338 g/mol. The minimum absolute atomic E-state index is 0. The summed E-state index contributed by atoms with van der Waals surface area (Å²) in [5.74, 6) is 2.93. The Morgan fingerprint density at radius 3 is 1.92 bits per heavy atom. The molecule has 0 unspecified atom stereocenters. The molecule has 2 saturated carbocycles. The predicted octanol–water partition coefficient (Wildman–Crippen LogP) is 3.51. The number of ether oxygens (including phenoxy) is 1. The first-order valence-electron chi connectivity index (χ1n) is 8.32. The fourth-order valence-corrected chi connectivity index (χ4v) is 3.50. The number of para-hydroxylation sites is 1. The van der Waals surface area contributed by atoms with Gasteiger partial charge in [0.1, 0.15) is 5.75 Å². The minimum atomic E-state index is -4.52. The molecule has 0 bridgehead atoms. The second-order valence-corrected chi connectivity index (χ2v) is 8.14. The van der Waals surface area contributed by atoms with E-state index in [9.17, 15) is 4.57 Å². The molecule has 0 spiro atoms. The van der Waals surface area contributed by atoms with Crippen molar-refractivity contribution < 1.29 is 23.6 Å². The van der Waals surface area contributed by atoms with Gasteiger partial charge in [-0.25, -0.2) is 9.09 Å². The van der Waals surface area contributed by atoms with Gasteiger partial charge < -0.3 is 14.5 Å². The van der Waals surface area contributed by atoms with E-state index in [0.717, 1.165) is 16.9 Å². The van der Waals surface area contributed by atoms with Crippen LogP contribution in [0.2, 0.25) is 0 Å². The van der Waals surface area contributed by atoms with E-state index in [0.29, 0.717) is 23.7 Å². The van der Waals surface area contributed by atoms with E-state index >= 15 is 0 Å². The summed E-state index contributed by atoms with van der Waals surface area (Å²) >= 11 is 0. The van der Waals surface area contributed by atoms with Gasteiger partial charge in [0.15, 0.2) is 6.79 Å². The van der Waals surface area contributed by atoms with Crippen LogP contribution in [0.5, 0.6) is 5.75 Å². The molecule has 0 aliphatic heterocycles. The van der Waals surface area contributed by atoms with Crippen LogP contribution in [0, 0.1) is 11.8 Å². The fraction of sp³-hybridized carbons (Fsp3) is 0.647. The fourth-order valence-electron chi connectivity index (χ4n) is 3.31. The maximum atomic E-state index is 10.9. The Balaban J connectivity index is 0.00000208. The first-order chi connectivity index (χ1) is 10.9. The molecule has 5 nitrogen and oxygen atoms in total. The van der Waals surface area contributed by atoms with Crippen molar-refractivity contribution in [1.82, 2.24) is 0 Å². The van der Waals surface area contributed by atoms with Crippen LogP contribution in [0.3, 0.4) is 0 Å². The summed E-state index contributed by atoms with van der Waals surface area (Å²) in [6.45, 7) is 3.98. The van der Waals surface area contributed by atoms with Crippen LogP contribution in [0.15, 0.2) is 18.2 Å². The standard InChI is InChI=1S/C17H25O5P.Na.H/c1-11(13-6-7-13)15-4-3-5-16(12(2)14-8-9-14)17(15)21-10-22-23(18,19)20;;/h3-5,11-14H,6-10H2,1-2H3,(H2,18,19,20);;/t11-,12-;;/m1../s1. The van der Waals surface area contributed by atoms with Crippen LogP contribution >= 0.6 is 7.82 Å². The van der Waals surface area contributed by atoms with E-state index < -0.39 is 14.6 Å². The zero-order chi connectivity index (χ0) is 16.6. The van der Waals surface area contributed by atoms with E-state index in [1.165, 1.54) is 25.7 Å². The van der Waals surface area contributed by atoms with Gasteiger partial charge in [0, 0.05) is 0 Å². The number of hydrogen-bond donors (Lipinski definition) is 2. The van der Waals surface area contributed by atoms with Gasteiger partial charge >= 0.3 is 37.4 Å². The molecule has 24 heavy (non-hydrogen) atoms. The first-order valence-corrected chi connectivity index (χ1v) is 9.85. The van der Waals surface area contributed by atoms with Gasteiger partial charge in [0.05, 0.1) is 0 Å². The van der Waals surface area contributed by atoms with E-state index in [1.807, 2.05) is 0 Å². The van der Waals surface area contributed by atoms with Crippen LogP contribution in [-0.2, 0) is 9.09 Å². The van der Waals surface area contributed by atoms with Crippen molar-refractivity contribution in [1.29, 1.82) is 0 Å². The van der Waals surface area contributed by atoms with Crippen molar-refractivity contribution in [3.63, 3.8) is 0 Å². The molecule has 0 radical (unpaired) electrons. The summed E-state index contributed by atoms with van der Waals surface area (Å²) in [5, 5.41) is 0. The Morgan fingerprint density at radius 1 is 1.08 bits per heavy atom. The van der Waals surface area contributed by atoms with Gasteiger partial charge in [-0.15, -0.1) is 0 Å². The number of rotatable bonds is 8. The SMILES string of the molecule is C[C@@H](c1cccc([C@H](C)C2CC2)c1OCOP(=O)(O)O)C1CC1.[NaH]. The maximum absolute atomic E-state index is 10.9. The Kier molecular flexibility index (Phi) is 7.00. The second-order valence-electron chi connectivity index (χ2n) is 6.90. The molecular formula is C17H26NaO5P. The monoisotopic (exact) mass is 364 g/mol. The van der Waals surface area contributed by atoms with Crippen LogP contribution < -0.4 is 4.74 Å². The molecule has 2 N–H and O–H groups in total. The molecule has 0 saturated heterocycles. The number of phosphoric ester groups is 1. The molecule has 0 aromatic heterocycles. The van der Waals surface area contributed by atoms with Gasteiger partial charge in [-0.2, -0.15) is 0 Å². The van der Waals surface area contributed by atoms with Crippen LogP contribution in [0.25, 0.3) is 0 Å². The molecule has 7 heteroatoms. The molecule has 2 aliphatic rings. The molecule has 2 atom stereocenters. The van der Waals surface area contributed by atoms with Gasteiger partial charge in [-0.3, -0.25) is 0 Å². The van der Waals surface area contributed by atoms with Crippen molar-refractivity contribution >= 4 is 37.4 Å². The zero-order valence-electron chi connectivity index (χ0n) is 13.6. The molecule has 2 aliphatic carbocycles. The third-order valence-corrected chi connectivity index (χ3v) is 5.58. The quantitative estimate of drug-likeness (QED) is 0.419. The Labute approximate surface area is 165 Å². The van der Waals surface area contributed by atoms with E-state index in [2.05, 4.69) is 36.6 Å². The number of phosphoric acid groups is 1. The first kappa shape index (κ1) is 20.4. The van der Waals surface area contributed by atoms with Crippen molar-refractivity contribution in [2.45, 2.75) is 51.4 Å². The normalized spacial score (nSPS) is 20.2. The molecule has 2 fully saturated rings. The summed E-state index contributed by atoms with van der Waals surface area (Å²) in [5.41, 5.74) is 2.26. The molecule has 0 amide bonds. The van der Waals surface area contributed by atoms with E-state index in [4.69, 9.17) is 14.5 Å². The number of hydrogen-bond acceptors (Lipinski definition) is 3. The van der Waals surface area contributed by atoms with Crippen molar-refractivity contribution in [3.05, 3.63) is 29.3 Å². The van der Waals surface area contributed by atoms with Gasteiger partial charge in [0.25, 0.3) is 0 Å². The van der Waals surface area contributed by atoms with E-state index in [1.54, 1.807) is 0 Å². The summed E-state index contributed by atoms with van der Waals surface area (Å²) in [4.78, 5) is 17.7. The third-order valence-electron chi connectivity index (χ3n) is 5.14. The molecule has 3 rings (SSSR count). The van der Waals surface area contributed by atoms with Crippen molar-refractivity contribution in [2.75, 3.05) is 6.79 Å². The summed E-state index contributed by atoms with van der Waals surface area (Å²) in [7, 11) is -4.52. The predicted molar refractivity (Wildman–Crippen MR) is 94.5 cm³/mol. The zero-order valence-corrected chi connectivity index (χ0v) is 14.5. The Morgan fingerprint density at radius 2 is 1.54 bits per heavy atom. The van der Waals surface area contributed by atoms with Gasteiger partial charge in [-0.05, 0) is 60.5 Å². The Bertz CT molecular complexity index is 573. The van der Waals surface area contributed by atoms with Gasteiger partial charge in [0.2, 0.25) is 0 Å². The van der Waals surface area contributed by atoms with Crippen LogP contribution in [0.4, 0.5) is 0 Å². The average Bonchev–Trinajstić information content (AvgIpc) is 3.38. The van der Waals surface area contributed by atoms with Crippen molar-refractivity contribution in [2.24, 2.45) is 11.8 Å². The average molecular weight is 364 g/mol. The van der Waals surface area contributed by atoms with Crippen LogP contribution in [0.1, 0.15) is 62.5 Å². The molecule has 1 aromatic carbocycles. The Hall–Kier alpha value is 0.130. The number of benzene rings is 1. The van der Waals surface area contributed by atoms with Crippen molar-refractivity contribution in [3.8, 4) is 5.75 Å². The summed E-state index contributed by atoms with van der Waals surface area (Å²) in [6.07, 6.45) is 4.95. The molecule has 1 aromatic rings. The molecule has 130 valence electrons. The second kappa shape index (κ2) is 8.22. The van der Waals surface area contributed by atoms with E-state index in [-0.39, 0.29) is 29.6 Å². The third kappa shape index (κ3) is 5.31. The van der Waals surface area contributed by atoms with Gasteiger partial charge in [-0.1, -0.05) is 32.0 Å². The topological polar surface area (TPSA) is 76.0 Å². The summed E-state index contributed by atoms with van der Waals surface area (Å²) < 4.78 is 21.1.